The van der Waals surface area contributed by atoms with Gasteiger partial charge in [0, 0.05) is 18.9 Å². The number of benzene rings is 1. The van der Waals surface area contributed by atoms with Crippen LogP contribution in [0.5, 0.6) is 0 Å². The second-order valence-electron chi connectivity index (χ2n) is 6.92. The van der Waals surface area contributed by atoms with E-state index in [4.69, 9.17) is 11.6 Å². The highest BCUT2D eigenvalue weighted by Crippen LogP contribution is 2.32. The van der Waals surface area contributed by atoms with Crippen LogP contribution in [0, 0.1) is 0 Å². The summed E-state index contributed by atoms with van der Waals surface area (Å²) in [4.78, 5) is 11.8. The number of aromatic nitrogens is 4. The largest absolute Gasteiger partial charge is 0.400 e. The number of rotatable bonds is 9. The monoisotopic (exact) mass is 470 g/mol. The number of alkyl halides is 3. The molecule has 1 fully saturated rings. The third-order valence-corrected chi connectivity index (χ3v) is 6.62. The van der Waals surface area contributed by atoms with E-state index < -0.39 is 27.3 Å². The van der Waals surface area contributed by atoms with Gasteiger partial charge in [-0.05, 0) is 30.0 Å². The zero-order valence-electron chi connectivity index (χ0n) is 15.9. The molecule has 164 valence electrons. The van der Waals surface area contributed by atoms with Gasteiger partial charge in [0.25, 0.3) is 0 Å². The summed E-state index contributed by atoms with van der Waals surface area (Å²) < 4.78 is 57.6. The van der Waals surface area contributed by atoms with Gasteiger partial charge in [-0.1, -0.05) is 35.5 Å². The molecule has 3 aromatic rings. The summed E-state index contributed by atoms with van der Waals surface area (Å²) in [5.74, 6) is -0.966. The number of halogens is 3. The van der Waals surface area contributed by atoms with E-state index in [1.54, 1.807) is 0 Å². The Hall–Kier alpha value is -2.70. The maximum atomic E-state index is 13.0. The Labute approximate surface area is 181 Å². The zero-order chi connectivity index (χ0) is 22.1. The molecule has 4 rings (SSSR count). The van der Waals surface area contributed by atoms with E-state index in [0.717, 1.165) is 5.56 Å². The van der Waals surface area contributed by atoms with Gasteiger partial charge in [0.15, 0.2) is 0 Å². The minimum absolute atomic E-state index is 0.104. The Bertz CT molecular complexity index is 1140. The number of nitrogens with zero attached hydrogens (tertiary/aromatic N) is 4. The summed E-state index contributed by atoms with van der Waals surface area (Å²) in [5, 5.41) is 2.42. The van der Waals surface area contributed by atoms with Gasteiger partial charge in [0.1, 0.15) is 0 Å². The second-order valence-corrected chi connectivity index (χ2v) is 9.44. The van der Waals surface area contributed by atoms with Crippen molar-refractivity contribution < 1.29 is 21.7 Å². The lowest BCUT2D eigenvalue weighted by atomic mass is 10.1. The summed E-state index contributed by atoms with van der Waals surface area (Å²) in [6.07, 6.45) is 3.98. The molecule has 0 aliphatic heterocycles. The number of hydrogen-bond acceptors (Lipinski definition) is 8. The lowest BCUT2D eigenvalue weighted by molar-refractivity contribution is 0.0551. The van der Waals surface area contributed by atoms with Crippen molar-refractivity contribution in [1.82, 2.24) is 24.8 Å². The quantitative estimate of drug-likeness (QED) is 0.457. The molecule has 1 unspecified atom stereocenters. The first-order valence-corrected chi connectivity index (χ1v) is 11.2. The van der Waals surface area contributed by atoms with E-state index >= 15 is 0 Å². The van der Waals surface area contributed by atoms with Crippen LogP contribution < -0.4 is 10.0 Å². The first kappa shape index (κ1) is 21.5. The predicted molar refractivity (Wildman–Crippen MR) is 108 cm³/mol. The van der Waals surface area contributed by atoms with Gasteiger partial charge in [0.05, 0.1) is 16.9 Å². The van der Waals surface area contributed by atoms with Crippen molar-refractivity contribution in [2.24, 2.45) is 0 Å². The third-order valence-electron chi connectivity index (χ3n) is 4.54. The van der Waals surface area contributed by atoms with E-state index in [9.17, 15) is 17.2 Å². The fourth-order valence-corrected chi connectivity index (χ4v) is 4.23. The second kappa shape index (κ2) is 8.44. The van der Waals surface area contributed by atoms with Crippen molar-refractivity contribution in [2.45, 2.75) is 29.5 Å². The molecular weight excluding hydrogens is 454 g/mol. The molecule has 9 nitrogen and oxygen atoms in total. The van der Waals surface area contributed by atoms with Crippen LogP contribution >= 0.6 is 11.6 Å². The lowest BCUT2D eigenvalue weighted by Gasteiger charge is -2.20. The summed E-state index contributed by atoms with van der Waals surface area (Å²) in [6, 6.07) is 8.79. The van der Waals surface area contributed by atoms with Gasteiger partial charge in [0.2, 0.25) is 21.8 Å². The average molecular weight is 471 g/mol. The highest BCUT2D eigenvalue weighted by Gasteiger charge is 2.36. The Balaban J connectivity index is 1.49. The van der Waals surface area contributed by atoms with E-state index in [1.165, 1.54) is 12.4 Å². The van der Waals surface area contributed by atoms with Crippen molar-refractivity contribution in [3.8, 4) is 11.4 Å². The minimum Gasteiger partial charge on any atom is -0.346 e. The minimum atomic E-state index is -3.77. The maximum absolute atomic E-state index is 13.0. The Morgan fingerprint density at radius 3 is 2.45 bits per heavy atom. The molecular formula is C18H17ClF2N6O3S. The van der Waals surface area contributed by atoms with Gasteiger partial charge in [-0.3, -0.25) is 0 Å². The summed E-state index contributed by atoms with van der Waals surface area (Å²) in [6.45, 7) is 0.104. The number of nitrogens with one attached hydrogen (secondary N) is 2. The molecule has 2 N–H and O–H groups in total. The van der Waals surface area contributed by atoms with Crippen LogP contribution in [0.2, 0.25) is 0 Å². The van der Waals surface area contributed by atoms with Gasteiger partial charge in [-0.2, -0.15) is 13.8 Å². The molecule has 1 aromatic carbocycles. The summed E-state index contributed by atoms with van der Waals surface area (Å²) >= 11 is 4.87. The van der Waals surface area contributed by atoms with Crippen molar-refractivity contribution in [3.63, 3.8) is 0 Å². The van der Waals surface area contributed by atoms with Crippen molar-refractivity contribution in [3.05, 3.63) is 54.2 Å². The zero-order valence-corrected chi connectivity index (χ0v) is 17.4. The molecule has 2 heterocycles. The topological polar surface area (TPSA) is 123 Å². The Morgan fingerprint density at radius 1 is 1.19 bits per heavy atom. The SMILES string of the molecule is O=S(=O)(NCC(Nc1ncc(-c2noc(C(F)(F)Cl)n2)cn1)c1ccccc1)C1CC1. The highest BCUT2D eigenvalue weighted by atomic mass is 35.5. The van der Waals surface area contributed by atoms with Crippen LogP contribution in [0.4, 0.5) is 14.7 Å². The molecule has 13 heteroatoms. The molecule has 1 atom stereocenters. The van der Waals surface area contributed by atoms with Crippen LogP contribution in [0.1, 0.15) is 30.3 Å². The normalized spacial score (nSPS) is 15.6. The fraction of sp³-hybridized carbons (Fsp3) is 0.333. The van der Waals surface area contributed by atoms with Crippen LogP contribution in [0.3, 0.4) is 0 Å². The number of anilines is 1. The van der Waals surface area contributed by atoms with E-state index in [2.05, 4.69) is 34.7 Å². The standard InChI is InChI=1S/C18H17ClF2N6O3S/c19-18(20,21)16-26-15(27-30-16)12-8-22-17(23-9-12)25-14(11-4-2-1-3-5-11)10-24-31(28,29)13-6-7-13/h1-5,8-9,13-14,24H,6-7,10H2,(H,22,23,25). The third kappa shape index (κ3) is 5.32. The fourth-order valence-electron chi connectivity index (χ4n) is 2.76. The van der Waals surface area contributed by atoms with Crippen molar-refractivity contribution in [2.75, 3.05) is 11.9 Å². The van der Waals surface area contributed by atoms with Crippen molar-refractivity contribution in [1.29, 1.82) is 0 Å². The molecule has 31 heavy (non-hydrogen) atoms. The van der Waals surface area contributed by atoms with Gasteiger partial charge in [-0.25, -0.2) is 23.1 Å². The molecule has 1 aliphatic rings. The molecule has 0 saturated heterocycles. The smallest absolute Gasteiger partial charge is 0.346 e. The predicted octanol–water partition coefficient (Wildman–Crippen LogP) is 3.05. The van der Waals surface area contributed by atoms with E-state index in [0.29, 0.717) is 12.8 Å². The molecule has 1 saturated carbocycles. The molecule has 0 spiro atoms. The molecule has 0 bridgehead atoms. The first-order valence-electron chi connectivity index (χ1n) is 9.25. The number of sulfonamides is 1. The molecule has 0 radical (unpaired) electrons. The van der Waals surface area contributed by atoms with Gasteiger partial charge >= 0.3 is 11.3 Å². The van der Waals surface area contributed by atoms with E-state index in [1.807, 2.05) is 30.3 Å². The molecule has 0 amide bonds. The Kier molecular flexibility index (Phi) is 5.86. The van der Waals surface area contributed by atoms with Gasteiger partial charge < -0.3 is 9.84 Å². The van der Waals surface area contributed by atoms with Crippen LogP contribution in [0.25, 0.3) is 11.4 Å². The van der Waals surface area contributed by atoms with Gasteiger partial charge in [-0.15, -0.1) is 0 Å². The van der Waals surface area contributed by atoms with E-state index in [-0.39, 0.29) is 29.1 Å². The first-order chi connectivity index (χ1) is 14.7. The summed E-state index contributed by atoms with van der Waals surface area (Å²) in [5.41, 5.74) is 1.08. The molecule has 2 aromatic heterocycles. The average Bonchev–Trinajstić information content (AvgIpc) is 3.49. The van der Waals surface area contributed by atoms with Crippen LogP contribution in [-0.2, 0) is 15.4 Å². The van der Waals surface area contributed by atoms with Crippen LogP contribution in [0.15, 0.2) is 47.2 Å². The highest BCUT2D eigenvalue weighted by molar-refractivity contribution is 7.90. The Morgan fingerprint density at radius 2 is 1.87 bits per heavy atom. The molecule has 1 aliphatic carbocycles. The number of hydrogen-bond donors (Lipinski definition) is 2. The summed E-state index contributed by atoms with van der Waals surface area (Å²) in [7, 11) is -3.36. The van der Waals surface area contributed by atoms with Crippen LogP contribution in [-0.4, -0.2) is 40.3 Å². The van der Waals surface area contributed by atoms with Crippen molar-refractivity contribution >= 4 is 27.6 Å². The lowest BCUT2D eigenvalue weighted by Crippen LogP contribution is -2.34. The maximum Gasteiger partial charge on any atom is 0.400 e.